The molecule has 0 unspecified atom stereocenters. The van der Waals surface area contributed by atoms with Crippen molar-refractivity contribution >= 4 is 21.4 Å². The first-order chi connectivity index (χ1) is 15.8. The van der Waals surface area contributed by atoms with Gasteiger partial charge in [0.15, 0.2) is 21.3 Å². The molecule has 174 valence electrons. The van der Waals surface area contributed by atoms with Crippen LogP contribution >= 0.6 is 0 Å². The number of hydrogen-bond acceptors (Lipinski definition) is 7. The molecular weight excluding hydrogens is 442 g/mol. The summed E-state index contributed by atoms with van der Waals surface area (Å²) >= 11 is 0. The van der Waals surface area contributed by atoms with E-state index in [1.54, 1.807) is 30.2 Å². The molecule has 8 nitrogen and oxygen atoms in total. The lowest BCUT2D eigenvalue weighted by Gasteiger charge is -2.27. The monoisotopic (exact) mass is 469 g/mol. The average molecular weight is 470 g/mol. The lowest BCUT2D eigenvalue weighted by atomic mass is 10.1. The molecule has 1 aromatic heterocycles. The number of ether oxygens (including phenoxy) is 1. The van der Waals surface area contributed by atoms with Gasteiger partial charge in [0.1, 0.15) is 5.75 Å². The molecule has 1 atom stereocenters. The fourth-order valence-electron chi connectivity index (χ4n) is 3.90. The van der Waals surface area contributed by atoms with E-state index in [1.165, 1.54) is 0 Å². The summed E-state index contributed by atoms with van der Waals surface area (Å²) in [7, 11) is 2.34. The number of amides is 1. The maximum Gasteiger partial charge on any atom is 0.276 e. The summed E-state index contributed by atoms with van der Waals surface area (Å²) in [5.74, 6) is 0.852. The summed E-state index contributed by atoms with van der Waals surface area (Å²) in [6.45, 7) is 0.289. The van der Waals surface area contributed by atoms with E-state index in [2.05, 4.69) is 5.16 Å². The van der Waals surface area contributed by atoms with E-state index in [0.29, 0.717) is 17.9 Å². The minimum atomic E-state index is -3.17. The van der Waals surface area contributed by atoms with Crippen LogP contribution in [-0.4, -0.2) is 63.1 Å². The van der Waals surface area contributed by atoms with Gasteiger partial charge in [0, 0.05) is 44.0 Å². The van der Waals surface area contributed by atoms with Gasteiger partial charge in [-0.15, -0.1) is 0 Å². The molecule has 1 amide bonds. The van der Waals surface area contributed by atoms with Crippen LogP contribution < -0.4 is 9.64 Å². The smallest absolute Gasteiger partial charge is 0.276 e. The Morgan fingerprint density at radius 3 is 2.39 bits per heavy atom. The molecule has 33 heavy (non-hydrogen) atoms. The Labute approximate surface area is 193 Å². The molecule has 3 aromatic rings. The van der Waals surface area contributed by atoms with Gasteiger partial charge in [0.25, 0.3) is 5.91 Å². The van der Waals surface area contributed by atoms with Crippen molar-refractivity contribution < 1.29 is 22.5 Å². The Kier molecular flexibility index (Phi) is 6.42. The first-order valence-electron chi connectivity index (χ1n) is 10.6. The van der Waals surface area contributed by atoms with Gasteiger partial charge in [0.2, 0.25) is 0 Å². The van der Waals surface area contributed by atoms with Crippen LogP contribution in [0.15, 0.2) is 59.1 Å². The first-order valence-corrected chi connectivity index (χ1v) is 12.5. The fourth-order valence-corrected chi connectivity index (χ4v) is 5.63. The van der Waals surface area contributed by atoms with Gasteiger partial charge < -0.3 is 19.1 Å². The summed E-state index contributed by atoms with van der Waals surface area (Å²) < 4.78 is 34.9. The zero-order chi connectivity index (χ0) is 23.6. The van der Waals surface area contributed by atoms with Crippen molar-refractivity contribution in [1.29, 1.82) is 0 Å². The van der Waals surface area contributed by atoms with E-state index in [9.17, 15) is 13.2 Å². The van der Waals surface area contributed by atoms with Crippen molar-refractivity contribution in [2.45, 2.75) is 19.0 Å². The molecule has 1 aliphatic rings. The number of sulfone groups is 1. The summed E-state index contributed by atoms with van der Waals surface area (Å²) in [6.07, 6.45) is 0.410. The van der Waals surface area contributed by atoms with Gasteiger partial charge in [-0.05, 0) is 48.4 Å². The second-order valence-electron chi connectivity index (χ2n) is 8.36. The third kappa shape index (κ3) is 5.19. The van der Waals surface area contributed by atoms with Crippen LogP contribution in [0, 0.1) is 0 Å². The van der Waals surface area contributed by atoms with E-state index in [0.717, 1.165) is 16.8 Å². The normalized spacial score (nSPS) is 17.0. The topological polar surface area (TPSA) is 93.0 Å². The van der Waals surface area contributed by atoms with E-state index in [-0.39, 0.29) is 29.7 Å². The second-order valence-corrected chi connectivity index (χ2v) is 10.6. The number of carbonyl (C=O) groups is 1. The Hall–Kier alpha value is -3.33. The number of anilines is 1. The van der Waals surface area contributed by atoms with Gasteiger partial charge in [-0.3, -0.25) is 4.79 Å². The fraction of sp³-hybridized carbons (Fsp3) is 0.333. The molecule has 4 rings (SSSR count). The molecule has 0 radical (unpaired) electrons. The molecule has 2 aromatic carbocycles. The van der Waals surface area contributed by atoms with E-state index in [1.807, 2.05) is 55.4 Å². The van der Waals surface area contributed by atoms with Crippen molar-refractivity contribution in [3.8, 4) is 17.1 Å². The molecule has 0 aliphatic carbocycles. The molecular formula is C24H27N3O5S. The molecule has 2 heterocycles. The number of benzene rings is 2. The van der Waals surface area contributed by atoms with E-state index in [4.69, 9.17) is 9.26 Å². The SMILES string of the molecule is COc1ccc(-c2cc(C(=O)N(Cc3ccc(N(C)C)cc3)[C@H]3CCS(=O)(=O)C3)no2)cc1. The first kappa shape index (κ1) is 22.8. The Morgan fingerprint density at radius 1 is 1.12 bits per heavy atom. The molecule has 1 aliphatic heterocycles. The number of hydrogen-bond donors (Lipinski definition) is 0. The molecule has 1 saturated heterocycles. The predicted octanol–water partition coefficient (Wildman–Crippen LogP) is 3.25. The van der Waals surface area contributed by atoms with E-state index < -0.39 is 15.9 Å². The number of nitrogens with zero attached hydrogens (tertiary/aromatic N) is 3. The van der Waals surface area contributed by atoms with Crippen LogP contribution in [0.4, 0.5) is 5.69 Å². The number of carbonyl (C=O) groups excluding carboxylic acids is 1. The molecule has 0 saturated carbocycles. The van der Waals surface area contributed by atoms with Crippen LogP contribution in [0.25, 0.3) is 11.3 Å². The average Bonchev–Trinajstić information content (AvgIpc) is 3.44. The second kappa shape index (κ2) is 9.27. The molecule has 0 bridgehead atoms. The van der Waals surface area contributed by atoms with Crippen molar-refractivity contribution in [3.63, 3.8) is 0 Å². The standard InChI is InChI=1S/C24H27N3O5S/c1-26(2)19-8-4-17(5-9-19)15-27(20-12-13-33(29,30)16-20)24(28)22-14-23(32-25-22)18-6-10-21(31-3)11-7-18/h4-11,14,20H,12-13,15-16H2,1-3H3/t20-/m0/s1. The van der Waals surface area contributed by atoms with Crippen molar-refractivity contribution in [2.24, 2.45) is 0 Å². The molecule has 1 fully saturated rings. The molecule has 0 spiro atoms. The zero-order valence-corrected chi connectivity index (χ0v) is 19.7. The van der Waals surface area contributed by atoms with Gasteiger partial charge in [-0.1, -0.05) is 17.3 Å². The number of aromatic nitrogens is 1. The van der Waals surface area contributed by atoms with Gasteiger partial charge in [-0.2, -0.15) is 0 Å². The zero-order valence-electron chi connectivity index (χ0n) is 18.9. The van der Waals surface area contributed by atoms with Crippen LogP contribution in [0.1, 0.15) is 22.5 Å². The minimum Gasteiger partial charge on any atom is -0.497 e. The Morgan fingerprint density at radius 2 is 1.82 bits per heavy atom. The van der Waals surface area contributed by atoms with Crippen molar-refractivity contribution in [2.75, 3.05) is 37.6 Å². The minimum absolute atomic E-state index is 0.0439. The molecule has 9 heteroatoms. The maximum atomic E-state index is 13.4. The highest BCUT2D eigenvalue weighted by atomic mass is 32.2. The maximum absolute atomic E-state index is 13.4. The summed E-state index contributed by atoms with van der Waals surface area (Å²) in [6, 6.07) is 16.3. The number of rotatable bonds is 7. The summed E-state index contributed by atoms with van der Waals surface area (Å²) in [5, 5.41) is 3.99. The van der Waals surface area contributed by atoms with Gasteiger partial charge >= 0.3 is 0 Å². The van der Waals surface area contributed by atoms with Crippen LogP contribution in [-0.2, 0) is 16.4 Å². The predicted molar refractivity (Wildman–Crippen MR) is 126 cm³/mol. The quantitative estimate of drug-likeness (QED) is 0.524. The highest BCUT2D eigenvalue weighted by molar-refractivity contribution is 7.91. The third-order valence-corrected chi connectivity index (χ3v) is 7.57. The van der Waals surface area contributed by atoms with Gasteiger partial charge in [0.05, 0.1) is 18.6 Å². The third-order valence-electron chi connectivity index (χ3n) is 5.82. The lowest BCUT2D eigenvalue weighted by Crippen LogP contribution is -2.40. The van der Waals surface area contributed by atoms with Crippen molar-refractivity contribution in [1.82, 2.24) is 10.1 Å². The highest BCUT2D eigenvalue weighted by Crippen LogP contribution is 2.26. The molecule has 0 N–H and O–H groups in total. The summed E-state index contributed by atoms with van der Waals surface area (Å²) in [4.78, 5) is 17.0. The number of methoxy groups -OCH3 is 1. The van der Waals surface area contributed by atoms with E-state index >= 15 is 0 Å². The Balaban J connectivity index is 1.59. The highest BCUT2D eigenvalue weighted by Gasteiger charge is 2.36. The van der Waals surface area contributed by atoms with Crippen LogP contribution in [0.3, 0.4) is 0 Å². The Bertz CT molecular complexity index is 1220. The summed E-state index contributed by atoms with van der Waals surface area (Å²) in [5.41, 5.74) is 2.87. The largest absolute Gasteiger partial charge is 0.497 e. The lowest BCUT2D eigenvalue weighted by molar-refractivity contribution is 0.0670. The van der Waals surface area contributed by atoms with Gasteiger partial charge in [-0.25, -0.2) is 8.42 Å². The van der Waals surface area contributed by atoms with Crippen LogP contribution in [0.5, 0.6) is 5.75 Å². The van der Waals surface area contributed by atoms with Crippen LogP contribution in [0.2, 0.25) is 0 Å². The van der Waals surface area contributed by atoms with Crippen molar-refractivity contribution in [3.05, 3.63) is 65.9 Å².